The Morgan fingerprint density at radius 3 is 2.42 bits per heavy atom. The Kier molecular flexibility index (Phi) is 6.68. The first-order valence-corrected chi connectivity index (χ1v) is 8.54. The average molecular weight is 445 g/mol. The van der Waals surface area contributed by atoms with E-state index in [0.717, 1.165) is 22.9 Å². The number of nitrogens with zero attached hydrogens (tertiary/aromatic N) is 2. The molecule has 0 saturated heterocycles. The zero-order valence-corrected chi connectivity index (χ0v) is 15.4. The lowest BCUT2D eigenvalue weighted by atomic mass is 10.1. The molecule has 0 saturated carbocycles. The molecule has 0 spiro atoms. The second-order valence-corrected chi connectivity index (χ2v) is 5.97. The smallest absolute Gasteiger partial charge is 0.387 e. The van der Waals surface area contributed by atoms with E-state index in [1.54, 1.807) is 0 Å². The molecule has 3 aromatic rings. The summed E-state index contributed by atoms with van der Waals surface area (Å²) < 4.78 is 86.3. The largest absolute Gasteiger partial charge is 0.431 e. The van der Waals surface area contributed by atoms with Crippen LogP contribution < -0.4 is 14.8 Å². The molecule has 0 radical (unpaired) electrons. The van der Waals surface area contributed by atoms with E-state index in [-0.39, 0.29) is 23.5 Å². The molecule has 0 aliphatic rings. The van der Waals surface area contributed by atoms with Gasteiger partial charge in [0.2, 0.25) is 5.91 Å². The molecule has 12 heteroatoms. The van der Waals surface area contributed by atoms with E-state index < -0.39 is 42.3 Å². The molecule has 1 aromatic heterocycles. The summed E-state index contributed by atoms with van der Waals surface area (Å²) in [6.45, 7) is -6.89. The third kappa shape index (κ3) is 5.68. The van der Waals surface area contributed by atoms with Gasteiger partial charge in [-0.15, -0.1) is 0 Å². The van der Waals surface area contributed by atoms with Crippen LogP contribution in [0.1, 0.15) is 0 Å². The van der Waals surface area contributed by atoms with Gasteiger partial charge in [-0.05, 0) is 36.4 Å². The van der Waals surface area contributed by atoms with Crippen molar-refractivity contribution in [1.82, 2.24) is 9.78 Å². The van der Waals surface area contributed by atoms with Crippen LogP contribution in [0.3, 0.4) is 0 Å². The topological polar surface area (TPSA) is 65.4 Å². The van der Waals surface area contributed by atoms with Gasteiger partial charge in [0.15, 0.2) is 23.1 Å². The highest BCUT2D eigenvalue weighted by Crippen LogP contribution is 2.34. The maximum atomic E-state index is 13.6. The average Bonchev–Trinajstić information content (AvgIpc) is 3.14. The van der Waals surface area contributed by atoms with Crippen LogP contribution in [0, 0.1) is 11.6 Å². The van der Waals surface area contributed by atoms with Crippen molar-refractivity contribution in [3.63, 3.8) is 0 Å². The number of hydrogen-bond donors (Lipinski definition) is 1. The molecule has 1 N–H and O–H groups in total. The monoisotopic (exact) mass is 445 g/mol. The van der Waals surface area contributed by atoms with Crippen LogP contribution in [0.5, 0.6) is 11.5 Å². The van der Waals surface area contributed by atoms with Crippen molar-refractivity contribution in [2.24, 2.45) is 0 Å². The summed E-state index contributed by atoms with van der Waals surface area (Å²) in [6.07, 6.45) is 1.37. The van der Waals surface area contributed by atoms with Crippen LogP contribution in [0.4, 0.5) is 32.0 Å². The molecule has 31 heavy (non-hydrogen) atoms. The second kappa shape index (κ2) is 9.41. The highest BCUT2D eigenvalue weighted by molar-refractivity contribution is 5.90. The molecule has 0 fully saturated rings. The number of ether oxygens (including phenoxy) is 2. The summed E-state index contributed by atoms with van der Waals surface area (Å²) in [6, 6.07) is 8.04. The first kappa shape index (κ1) is 22.0. The Morgan fingerprint density at radius 2 is 1.71 bits per heavy atom. The second-order valence-electron chi connectivity index (χ2n) is 5.97. The fourth-order valence-corrected chi connectivity index (χ4v) is 2.59. The number of halogens is 6. The minimum absolute atomic E-state index is 0.201. The molecule has 0 bridgehead atoms. The van der Waals surface area contributed by atoms with E-state index in [0.29, 0.717) is 0 Å². The molecule has 164 valence electrons. The lowest BCUT2D eigenvalue weighted by Gasteiger charge is -2.12. The summed E-state index contributed by atoms with van der Waals surface area (Å²) in [5.41, 5.74) is 0.0702. The van der Waals surface area contributed by atoms with Crippen LogP contribution in [0.2, 0.25) is 0 Å². The fourth-order valence-electron chi connectivity index (χ4n) is 2.59. The first-order valence-electron chi connectivity index (χ1n) is 8.54. The standard InChI is InChI=1S/C19H13F6N3O3/c20-11-2-1-3-13(17(11)21)26-16(29)9-28-7-6-12(27-28)10-4-5-14(30-18(22)23)15(8-10)31-19(24)25/h1-8,18-19H,9H2,(H,26,29). The Balaban J connectivity index is 1.75. The number of hydrogen-bond acceptors (Lipinski definition) is 4. The highest BCUT2D eigenvalue weighted by Gasteiger charge is 2.17. The predicted octanol–water partition coefficient (Wildman–Crippen LogP) is 4.67. The predicted molar refractivity (Wildman–Crippen MR) is 95.9 cm³/mol. The number of benzene rings is 2. The molecular weight excluding hydrogens is 432 g/mol. The fraction of sp³-hybridized carbons (Fsp3) is 0.158. The Morgan fingerprint density at radius 1 is 1.00 bits per heavy atom. The van der Waals surface area contributed by atoms with E-state index in [9.17, 15) is 31.1 Å². The first-order chi connectivity index (χ1) is 14.7. The van der Waals surface area contributed by atoms with Crippen molar-refractivity contribution in [3.05, 3.63) is 60.3 Å². The van der Waals surface area contributed by atoms with Gasteiger partial charge in [0.05, 0.1) is 11.4 Å². The quantitative estimate of drug-likeness (QED) is 0.512. The number of carbonyl (C=O) groups is 1. The maximum absolute atomic E-state index is 13.6. The Bertz CT molecular complexity index is 1070. The maximum Gasteiger partial charge on any atom is 0.387 e. The van der Waals surface area contributed by atoms with Gasteiger partial charge < -0.3 is 14.8 Å². The number of alkyl halides is 4. The molecule has 0 aliphatic carbocycles. The number of rotatable bonds is 8. The zero-order valence-electron chi connectivity index (χ0n) is 15.4. The SMILES string of the molecule is O=C(Cn1ccc(-c2ccc(OC(F)F)c(OC(F)F)c2)n1)Nc1cccc(F)c1F. The highest BCUT2D eigenvalue weighted by atomic mass is 19.3. The van der Waals surface area contributed by atoms with Gasteiger partial charge in [-0.1, -0.05) is 6.07 Å². The van der Waals surface area contributed by atoms with Crippen molar-refractivity contribution in [2.45, 2.75) is 19.8 Å². The third-order valence-electron chi connectivity index (χ3n) is 3.84. The molecule has 0 atom stereocenters. The Hall–Kier alpha value is -3.70. The molecule has 0 aliphatic heterocycles. The molecule has 2 aromatic carbocycles. The molecule has 6 nitrogen and oxygen atoms in total. The minimum atomic E-state index is -3.28. The van der Waals surface area contributed by atoms with E-state index in [1.165, 1.54) is 30.5 Å². The van der Waals surface area contributed by atoms with Crippen LogP contribution in [-0.2, 0) is 11.3 Å². The number of aromatic nitrogens is 2. The van der Waals surface area contributed by atoms with Gasteiger partial charge in [0.25, 0.3) is 0 Å². The van der Waals surface area contributed by atoms with Gasteiger partial charge in [-0.25, -0.2) is 8.78 Å². The minimum Gasteiger partial charge on any atom is -0.431 e. The van der Waals surface area contributed by atoms with Crippen LogP contribution in [0.25, 0.3) is 11.3 Å². The summed E-state index contributed by atoms with van der Waals surface area (Å²) in [4.78, 5) is 12.1. The van der Waals surface area contributed by atoms with Crippen LogP contribution in [0.15, 0.2) is 48.7 Å². The van der Waals surface area contributed by atoms with Gasteiger partial charge in [-0.3, -0.25) is 9.48 Å². The summed E-state index contributed by atoms with van der Waals surface area (Å²) in [5.74, 6) is -4.26. The molecule has 3 rings (SSSR count). The van der Waals surface area contributed by atoms with Crippen LogP contribution in [-0.4, -0.2) is 28.9 Å². The lowest BCUT2D eigenvalue weighted by Crippen LogP contribution is -2.20. The van der Waals surface area contributed by atoms with Crippen LogP contribution >= 0.6 is 0 Å². The lowest BCUT2D eigenvalue weighted by molar-refractivity contribution is -0.116. The van der Waals surface area contributed by atoms with Gasteiger partial charge >= 0.3 is 13.2 Å². The van der Waals surface area contributed by atoms with Crippen molar-refractivity contribution < 1.29 is 40.6 Å². The van der Waals surface area contributed by atoms with Gasteiger partial charge in [0, 0.05) is 11.8 Å². The van der Waals surface area contributed by atoms with Crippen molar-refractivity contribution >= 4 is 11.6 Å². The number of amides is 1. The normalized spacial score (nSPS) is 11.1. The Labute approximate surface area is 171 Å². The third-order valence-corrected chi connectivity index (χ3v) is 3.84. The summed E-state index contributed by atoms with van der Waals surface area (Å²) >= 11 is 0. The van der Waals surface area contributed by atoms with E-state index in [2.05, 4.69) is 19.9 Å². The van der Waals surface area contributed by atoms with Crippen molar-refractivity contribution in [2.75, 3.05) is 5.32 Å². The van der Waals surface area contributed by atoms with Crippen molar-refractivity contribution in [3.8, 4) is 22.8 Å². The summed E-state index contributed by atoms with van der Waals surface area (Å²) in [7, 11) is 0. The molecule has 1 heterocycles. The van der Waals surface area contributed by atoms with E-state index in [1.807, 2.05) is 0 Å². The molecular formula is C19H13F6N3O3. The van der Waals surface area contributed by atoms with Gasteiger partial charge in [-0.2, -0.15) is 22.7 Å². The molecule has 1 amide bonds. The number of carbonyl (C=O) groups excluding carboxylic acids is 1. The molecule has 0 unspecified atom stereocenters. The zero-order chi connectivity index (χ0) is 22.5. The van der Waals surface area contributed by atoms with Gasteiger partial charge in [0.1, 0.15) is 6.54 Å². The van der Waals surface area contributed by atoms with Crippen molar-refractivity contribution in [1.29, 1.82) is 0 Å². The number of nitrogens with one attached hydrogen (secondary N) is 1. The summed E-state index contributed by atoms with van der Waals surface area (Å²) in [5, 5.41) is 6.27. The van der Waals surface area contributed by atoms with E-state index in [4.69, 9.17) is 0 Å². The number of anilines is 1. The van der Waals surface area contributed by atoms with E-state index >= 15 is 0 Å².